The van der Waals surface area contributed by atoms with Crippen LogP contribution in [0.2, 0.25) is 0 Å². The highest BCUT2D eigenvalue weighted by Gasteiger charge is 2.19. The first-order chi connectivity index (χ1) is 7.20. The maximum Gasteiger partial charge on any atom is 0.336 e. The molecule has 0 amide bonds. The molecule has 0 aliphatic carbocycles. The second-order valence-electron chi connectivity index (χ2n) is 3.05. The van der Waals surface area contributed by atoms with E-state index < -0.39 is 12.1 Å². The third-order valence-corrected chi connectivity index (χ3v) is 2.14. The molecule has 0 aliphatic heterocycles. The van der Waals surface area contributed by atoms with Gasteiger partial charge in [0.2, 0.25) is 0 Å². The Morgan fingerprint density at radius 1 is 1.40 bits per heavy atom. The van der Waals surface area contributed by atoms with E-state index in [2.05, 4.69) is 4.74 Å². The number of esters is 1. The van der Waals surface area contributed by atoms with Crippen molar-refractivity contribution in [3.8, 4) is 0 Å². The van der Waals surface area contributed by atoms with E-state index in [1.807, 2.05) is 18.2 Å². The summed E-state index contributed by atoms with van der Waals surface area (Å²) in [7, 11) is 1.30. The molecule has 1 aromatic rings. The maximum absolute atomic E-state index is 11.3. The van der Waals surface area contributed by atoms with E-state index in [0.29, 0.717) is 5.56 Å². The van der Waals surface area contributed by atoms with Crippen molar-refractivity contribution < 1.29 is 14.6 Å². The lowest BCUT2D eigenvalue weighted by Crippen LogP contribution is -2.12. The Kier molecular flexibility index (Phi) is 4.06. The summed E-state index contributed by atoms with van der Waals surface area (Å²) in [4.78, 5) is 11.3. The minimum atomic E-state index is -0.927. The smallest absolute Gasteiger partial charge is 0.336 e. The summed E-state index contributed by atoms with van der Waals surface area (Å²) >= 11 is 0. The SMILES string of the molecule is C/C=C(/C(=O)OC)C(O)c1ccccc1. The second-order valence-corrected chi connectivity index (χ2v) is 3.05. The second kappa shape index (κ2) is 5.32. The van der Waals surface area contributed by atoms with E-state index in [0.717, 1.165) is 0 Å². The van der Waals surface area contributed by atoms with Crippen LogP contribution in [0.5, 0.6) is 0 Å². The van der Waals surface area contributed by atoms with Crippen molar-refractivity contribution in [1.82, 2.24) is 0 Å². The van der Waals surface area contributed by atoms with Crippen molar-refractivity contribution in [2.24, 2.45) is 0 Å². The Balaban J connectivity index is 2.93. The first-order valence-electron chi connectivity index (χ1n) is 4.68. The van der Waals surface area contributed by atoms with Gasteiger partial charge in [-0.25, -0.2) is 4.79 Å². The van der Waals surface area contributed by atoms with Gasteiger partial charge in [0, 0.05) is 0 Å². The fourth-order valence-electron chi connectivity index (χ4n) is 1.32. The Morgan fingerprint density at radius 3 is 2.47 bits per heavy atom. The number of methoxy groups -OCH3 is 1. The van der Waals surface area contributed by atoms with Gasteiger partial charge in [-0.1, -0.05) is 36.4 Å². The molecule has 0 spiro atoms. The number of rotatable bonds is 3. The predicted molar refractivity (Wildman–Crippen MR) is 57.2 cm³/mol. The minimum absolute atomic E-state index is 0.253. The van der Waals surface area contributed by atoms with Gasteiger partial charge in [0.25, 0.3) is 0 Å². The van der Waals surface area contributed by atoms with Gasteiger partial charge in [-0.15, -0.1) is 0 Å². The molecule has 0 saturated heterocycles. The number of aliphatic hydroxyl groups excluding tert-OH is 1. The van der Waals surface area contributed by atoms with Crippen LogP contribution < -0.4 is 0 Å². The molecule has 1 atom stereocenters. The van der Waals surface area contributed by atoms with E-state index in [-0.39, 0.29) is 5.57 Å². The highest BCUT2D eigenvalue weighted by atomic mass is 16.5. The van der Waals surface area contributed by atoms with Crippen LogP contribution in [-0.4, -0.2) is 18.2 Å². The van der Waals surface area contributed by atoms with Crippen LogP contribution >= 0.6 is 0 Å². The molecule has 0 radical (unpaired) electrons. The number of hydrogen-bond acceptors (Lipinski definition) is 3. The average Bonchev–Trinajstić information content (AvgIpc) is 2.30. The molecule has 3 heteroatoms. The lowest BCUT2D eigenvalue weighted by molar-refractivity contribution is -0.137. The molecular weight excluding hydrogens is 192 g/mol. The summed E-state index contributed by atoms with van der Waals surface area (Å²) in [5, 5.41) is 9.91. The number of carbonyl (C=O) groups is 1. The number of hydrogen-bond donors (Lipinski definition) is 1. The Hall–Kier alpha value is -1.61. The molecule has 80 valence electrons. The normalized spacial score (nSPS) is 13.4. The van der Waals surface area contributed by atoms with Crippen LogP contribution in [0, 0.1) is 0 Å². The van der Waals surface area contributed by atoms with Crippen molar-refractivity contribution in [2.45, 2.75) is 13.0 Å². The molecule has 1 unspecified atom stereocenters. The van der Waals surface area contributed by atoms with Gasteiger partial charge in [0.15, 0.2) is 0 Å². The third-order valence-electron chi connectivity index (χ3n) is 2.14. The monoisotopic (exact) mass is 206 g/mol. The van der Waals surface area contributed by atoms with Gasteiger partial charge >= 0.3 is 5.97 Å². The molecule has 0 bridgehead atoms. The van der Waals surface area contributed by atoms with Crippen LogP contribution in [0.15, 0.2) is 42.0 Å². The van der Waals surface area contributed by atoms with Crippen molar-refractivity contribution in [3.05, 3.63) is 47.5 Å². The van der Waals surface area contributed by atoms with Crippen molar-refractivity contribution >= 4 is 5.97 Å². The molecular formula is C12H14O3. The standard InChI is InChI=1S/C12H14O3/c1-3-10(12(14)15-2)11(13)9-7-5-4-6-8-9/h3-8,11,13H,1-2H3/b10-3+. The zero-order valence-corrected chi connectivity index (χ0v) is 8.81. The van der Waals surface area contributed by atoms with E-state index in [9.17, 15) is 9.90 Å². The lowest BCUT2D eigenvalue weighted by atomic mass is 10.0. The molecule has 0 heterocycles. The largest absolute Gasteiger partial charge is 0.466 e. The number of carbonyl (C=O) groups excluding carboxylic acids is 1. The summed E-state index contributed by atoms with van der Waals surface area (Å²) < 4.78 is 4.58. The van der Waals surface area contributed by atoms with E-state index in [1.54, 1.807) is 25.1 Å². The first kappa shape index (κ1) is 11.5. The summed E-state index contributed by atoms with van der Waals surface area (Å²) in [6.45, 7) is 1.69. The molecule has 0 fully saturated rings. The Labute approximate surface area is 89.0 Å². The van der Waals surface area contributed by atoms with E-state index in [4.69, 9.17) is 0 Å². The summed E-state index contributed by atoms with van der Waals surface area (Å²) in [6.07, 6.45) is 0.632. The molecule has 1 N–H and O–H groups in total. The maximum atomic E-state index is 11.3. The van der Waals surface area contributed by atoms with Crippen LogP contribution in [0.4, 0.5) is 0 Å². The zero-order chi connectivity index (χ0) is 11.3. The van der Waals surface area contributed by atoms with Crippen molar-refractivity contribution in [2.75, 3.05) is 7.11 Å². The minimum Gasteiger partial charge on any atom is -0.466 e. The van der Waals surface area contributed by atoms with Gasteiger partial charge in [-0.3, -0.25) is 0 Å². The molecule has 0 aromatic heterocycles. The molecule has 1 aromatic carbocycles. The van der Waals surface area contributed by atoms with Crippen molar-refractivity contribution in [3.63, 3.8) is 0 Å². The molecule has 3 nitrogen and oxygen atoms in total. The van der Waals surface area contributed by atoms with Crippen LogP contribution in [-0.2, 0) is 9.53 Å². The van der Waals surface area contributed by atoms with Gasteiger partial charge in [0.1, 0.15) is 6.10 Å². The fourth-order valence-corrected chi connectivity index (χ4v) is 1.32. The molecule has 1 rings (SSSR count). The average molecular weight is 206 g/mol. The molecule has 0 aliphatic rings. The Morgan fingerprint density at radius 2 is 2.00 bits per heavy atom. The highest BCUT2D eigenvalue weighted by Crippen LogP contribution is 2.21. The predicted octanol–water partition coefficient (Wildman–Crippen LogP) is 1.84. The van der Waals surface area contributed by atoms with Gasteiger partial charge in [-0.2, -0.15) is 0 Å². The zero-order valence-electron chi connectivity index (χ0n) is 8.81. The molecule has 0 saturated carbocycles. The highest BCUT2D eigenvalue weighted by molar-refractivity contribution is 5.89. The van der Waals surface area contributed by atoms with Gasteiger partial charge in [0.05, 0.1) is 12.7 Å². The lowest BCUT2D eigenvalue weighted by Gasteiger charge is -2.12. The summed E-state index contributed by atoms with van der Waals surface area (Å²) in [6, 6.07) is 8.99. The van der Waals surface area contributed by atoms with E-state index in [1.165, 1.54) is 7.11 Å². The van der Waals surface area contributed by atoms with Gasteiger partial charge in [-0.05, 0) is 12.5 Å². The van der Waals surface area contributed by atoms with Gasteiger partial charge < -0.3 is 9.84 Å². The summed E-state index contributed by atoms with van der Waals surface area (Å²) in [5.74, 6) is -0.506. The topological polar surface area (TPSA) is 46.5 Å². The van der Waals surface area contributed by atoms with Crippen LogP contribution in [0.3, 0.4) is 0 Å². The quantitative estimate of drug-likeness (QED) is 0.606. The van der Waals surface area contributed by atoms with Crippen LogP contribution in [0.1, 0.15) is 18.6 Å². The number of allylic oxidation sites excluding steroid dienone is 1. The summed E-state index contributed by atoms with van der Waals surface area (Å²) in [5.41, 5.74) is 0.930. The number of aliphatic hydroxyl groups is 1. The number of ether oxygens (including phenoxy) is 1. The fraction of sp³-hybridized carbons (Fsp3) is 0.250. The Bertz CT molecular complexity index is 354. The molecule has 15 heavy (non-hydrogen) atoms. The van der Waals surface area contributed by atoms with E-state index >= 15 is 0 Å². The third kappa shape index (κ3) is 2.67. The van der Waals surface area contributed by atoms with Crippen molar-refractivity contribution in [1.29, 1.82) is 0 Å². The van der Waals surface area contributed by atoms with Crippen LogP contribution in [0.25, 0.3) is 0 Å². The number of benzene rings is 1. The first-order valence-corrected chi connectivity index (χ1v) is 4.68.